The highest BCUT2D eigenvalue weighted by atomic mass is 35.5. The average Bonchev–Trinajstić information content (AvgIpc) is 2.91. The predicted octanol–water partition coefficient (Wildman–Crippen LogP) is 5.40. The molecular formula is C23H26Cl2N2O3S. The first kappa shape index (κ1) is 22.6. The number of pyridine rings is 1. The molecule has 0 N–H and O–H groups in total. The van der Waals surface area contributed by atoms with E-state index in [4.69, 9.17) is 23.2 Å². The number of rotatable bonds is 4. The monoisotopic (exact) mass is 480 g/mol. The lowest BCUT2D eigenvalue weighted by molar-refractivity contribution is 0.0702. The van der Waals surface area contributed by atoms with Crippen molar-refractivity contribution in [3.63, 3.8) is 0 Å². The Balaban J connectivity index is 1.58. The predicted molar refractivity (Wildman–Crippen MR) is 122 cm³/mol. The maximum absolute atomic E-state index is 13.3. The lowest BCUT2D eigenvalue weighted by Crippen LogP contribution is -2.38. The minimum absolute atomic E-state index is 0.00315. The molecule has 0 radical (unpaired) electrons. The zero-order chi connectivity index (χ0) is 22.6. The third-order valence-electron chi connectivity index (χ3n) is 6.29. The first-order valence-corrected chi connectivity index (χ1v) is 12.7. The Labute approximate surface area is 193 Å². The van der Waals surface area contributed by atoms with E-state index in [9.17, 15) is 13.2 Å². The fraction of sp³-hybridized carbons (Fsp3) is 0.478. The van der Waals surface area contributed by atoms with Gasteiger partial charge in [-0.2, -0.15) is 0 Å². The largest absolute Gasteiger partial charge is 0.334 e. The standard InChI is InChI=1S/C23H26Cl2N2O3S/c1-22(2)10-16-11-23(3,13-22)14-27(16)21(28)18-8-4-6-15(26-18)12-31(29,30)19-9-5-7-17(24)20(19)25/h4-9,16H,10-14H2,1-3H3/t16-,23-/m1/s1. The summed E-state index contributed by atoms with van der Waals surface area (Å²) in [7, 11) is -3.77. The summed E-state index contributed by atoms with van der Waals surface area (Å²) in [6.07, 6.45) is 3.06. The maximum atomic E-state index is 13.3. The van der Waals surface area contributed by atoms with Crippen molar-refractivity contribution in [1.82, 2.24) is 9.88 Å². The van der Waals surface area contributed by atoms with Gasteiger partial charge in [-0.1, -0.05) is 56.1 Å². The molecule has 2 fully saturated rings. The topological polar surface area (TPSA) is 67.3 Å². The van der Waals surface area contributed by atoms with Crippen LogP contribution in [0.4, 0.5) is 0 Å². The Morgan fingerprint density at radius 3 is 2.58 bits per heavy atom. The summed E-state index contributed by atoms with van der Waals surface area (Å²) >= 11 is 12.1. The number of aromatic nitrogens is 1. The van der Waals surface area contributed by atoms with Crippen molar-refractivity contribution >= 4 is 38.9 Å². The average molecular weight is 481 g/mol. The van der Waals surface area contributed by atoms with Crippen molar-refractivity contribution in [2.45, 2.75) is 56.7 Å². The van der Waals surface area contributed by atoms with Gasteiger partial charge < -0.3 is 4.90 Å². The number of likely N-dealkylation sites (tertiary alicyclic amines) is 1. The van der Waals surface area contributed by atoms with E-state index in [-0.39, 0.29) is 49.2 Å². The summed E-state index contributed by atoms with van der Waals surface area (Å²) in [4.78, 5) is 19.6. The van der Waals surface area contributed by atoms with Crippen molar-refractivity contribution in [2.75, 3.05) is 6.54 Å². The molecule has 2 heterocycles. The van der Waals surface area contributed by atoms with Crippen LogP contribution in [0.5, 0.6) is 0 Å². The van der Waals surface area contributed by atoms with E-state index in [1.807, 2.05) is 4.90 Å². The molecule has 1 aromatic carbocycles. The van der Waals surface area contributed by atoms with E-state index in [2.05, 4.69) is 25.8 Å². The summed E-state index contributed by atoms with van der Waals surface area (Å²) in [6.45, 7) is 7.48. The van der Waals surface area contributed by atoms with Crippen molar-refractivity contribution in [3.05, 3.63) is 57.8 Å². The summed E-state index contributed by atoms with van der Waals surface area (Å²) in [6, 6.07) is 9.64. The van der Waals surface area contributed by atoms with Gasteiger partial charge in [0.15, 0.2) is 9.84 Å². The number of carbonyl (C=O) groups excluding carboxylic acids is 1. The van der Waals surface area contributed by atoms with E-state index in [0.717, 1.165) is 19.3 Å². The molecule has 0 spiro atoms. The molecule has 2 aromatic rings. The highest BCUT2D eigenvalue weighted by molar-refractivity contribution is 7.90. The SMILES string of the molecule is CC1(C)C[C@@H]2C[C@@](C)(CN2C(=O)c2cccc(CS(=O)(=O)c3cccc(Cl)c3Cl)n2)C1. The number of amides is 1. The Morgan fingerprint density at radius 2 is 1.84 bits per heavy atom. The van der Waals surface area contributed by atoms with Gasteiger partial charge in [-0.05, 0) is 54.4 Å². The molecule has 4 rings (SSSR count). The zero-order valence-corrected chi connectivity index (χ0v) is 20.2. The van der Waals surface area contributed by atoms with E-state index < -0.39 is 9.84 Å². The number of benzene rings is 1. The van der Waals surface area contributed by atoms with Gasteiger partial charge in [0.25, 0.3) is 5.91 Å². The van der Waals surface area contributed by atoms with Crippen LogP contribution in [0.2, 0.25) is 10.0 Å². The molecule has 1 saturated carbocycles. The van der Waals surface area contributed by atoms with Gasteiger partial charge in [0, 0.05) is 12.6 Å². The van der Waals surface area contributed by atoms with Gasteiger partial charge in [0.2, 0.25) is 0 Å². The molecule has 1 aliphatic heterocycles. The van der Waals surface area contributed by atoms with Crippen molar-refractivity contribution in [3.8, 4) is 0 Å². The fourth-order valence-electron chi connectivity index (χ4n) is 5.52. The molecule has 2 atom stereocenters. The maximum Gasteiger partial charge on any atom is 0.272 e. The Bertz CT molecular complexity index is 1150. The molecule has 166 valence electrons. The minimum atomic E-state index is -3.77. The lowest BCUT2D eigenvalue weighted by Gasteiger charge is -2.39. The zero-order valence-electron chi connectivity index (χ0n) is 17.9. The highest BCUT2D eigenvalue weighted by Crippen LogP contribution is 2.52. The number of hydrogen-bond donors (Lipinski definition) is 0. The second-order valence-electron chi connectivity index (χ2n) is 9.97. The second-order valence-corrected chi connectivity index (χ2v) is 12.7. The van der Waals surface area contributed by atoms with Crippen LogP contribution in [0.15, 0.2) is 41.3 Å². The normalized spacial score (nSPS) is 24.9. The molecule has 1 amide bonds. The van der Waals surface area contributed by atoms with Crippen molar-refractivity contribution in [1.29, 1.82) is 0 Å². The fourth-order valence-corrected chi connectivity index (χ4v) is 7.60. The van der Waals surface area contributed by atoms with Crippen LogP contribution < -0.4 is 0 Å². The van der Waals surface area contributed by atoms with Crippen LogP contribution in [-0.2, 0) is 15.6 Å². The summed E-state index contributed by atoms with van der Waals surface area (Å²) < 4.78 is 25.8. The van der Waals surface area contributed by atoms with Crippen LogP contribution in [0, 0.1) is 10.8 Å². The van der Waals surface area contributed by atoms with Crippen LogP contribution in [-0.4, -0.2) is 36.8 Å². The lowest BCUT2D eigenvalue weighted by atomic mass is 9.65. The Kier molecular flexibility index (Phi) is 5.64. The van der Waals surface area contributed by atoms with Gasteiger partial charge >= 0.3 is 0 Å². The highest BCUT2D eigenvalue weighted by Gasteiger charge is 2.51. The third-order valence-corrected chi connectivity index (χ3v) is 8.91. The van der Waals surface area contributed by atoms with Gasteiger partial charge in [0.1, 0.15) is 5.69 Å². The molecule has 8 heteroatoms. The van der Waals surface area contributed by atoms with Crippen LogP contribution in [0.3, 0.4) is 0 Å². The third kappa shape index (κ3) is 4.48. The smallest absolute Gasteiger partial charge is 0.272 e. The minimum Gasteiger partial charge on any atom is -0.334 e. The Hall–Kier alpha value is -1.63. The van der Waals surface area contributed by atoms with Gasteiger partial charge in [-0.3, -0.25) is 4.79 Å². The summed E-state index contributed by atoms with van der Waals surface area (Å²) in [5.74, 6) is -0.492. The first-order valence-electron chi connectivity index (χ1n) is 10.3. The molecule has 0 unspecified atom stereocenters. The summed E-state index contributed by atoms with van der Waals surface area (Å²) in [5, 5.41) is 0.174. The van der Waals surface area contributed by atoms with Gasteiger partial charge in [-0.15, -0.1) is 0 Å². The number of carbonyl (C=O) groups is 1. The van der Waals surface area contributed by atoms with Gasteiger partial charge in [0.05, 0.1) is 26.4 Å². The molecule has 1 saturated heterocycles. The molecule has 31 heavy (non-hydrogen) atoms. The molecule has 2 bridgehead atoms. The number of hydrogen-bond acceptors (Lipinski definition) is 4. The number of halogens is 2. The van der Waals surface area contributed by atoms with Crippen LogP contribution in [0.1, 0.15) is 56.2 Å². The molecule has 5 nitrogen and oxygen atoms in total. The quantitative estimate of drug-likeness (QED) is 0.586. The second kappa shape index (κ2) is 7.75. The molecule has 1 aromatic heterocycles. The van der Waals surface area contributed by atoms with Crippen molar-refractivity contribution < 1.29 is 13.2 Å². The summed E-state index contributed by atoms with van der Waals surface area (Å²) in [5.41, 5.74) is 0.896. The van der Waals surface area contributed by atoms with E-state index in [0.29, 0.717) is 12.2 Å². The first-order chi connectivity index (χ1) is 14.4. The number of nitrogens with zero attached hydrogens (tertiary/aromatic N) is 2. The Morgan fingerprint density at radius 1 is 1.13 bits per heavy atom. The molecular weight excluding hydrogens is 455 g/mol. The van der Waals surface area contributed by atoms with Crippen LogP contribution in [0.25, 0.3) is 0 Å². The number of sulfone groups is 1. The van der Waals surface area contributed by atoms with E-state index >= 15 is 0 Å². The van der Waals surface area contributed by atoms with Crippen molar-refractivity contribution in [2.24, 2.45) is 10.8 Å². The molecule has 2 aliphatic rings. The molecule has 1 aliphatic carbocycles. The van der Waals surface area contributed by atoms with E-state index in [1.165, 1.54) is 12.1 Å². The van der Waals surface area contributed by atoms with E-state index in [1.54, 1.807) is 24.3 Å². The van der Waals surface area contributed by atoms with Crippen LogP contribution >= 0.6 is 23.2 Å². The van der Waals surface area contributed by atoms with Gasteiger partial charge in [-0.25, -0.2) is 13.4 Å². The number of fused-ring (bicyclic) bond motifs is 2.